The SMILES string of the molecule is CO[C@@H]1CN(C)C(=O)c2cc(NC(=O)c3cnccn3)ccc2OC[C@H](C)N(CCc2ccccc2)C[C@@H]1C. The van der Waals surface area contributed by atoms with Crippen molar-refractivity contribution in [3.8, 4) is 5.75 Å². The zero-order chi connectivity index (χ0) is 27.8. The van der Waals surface area contributed by atoms with Crippen molar-refractivity contribution < 1.29 is 19.1 Å². The van der Waals surface area contributed by atoms with E-state index < -0.39 is 5.91 Å². The number of carbonyl (C=O) groups is 2. The number of aromatic nitrogens is 2. The molecule has 39 heavy (non-hydrogen) atoms. The van der Waals surface area contributed by atoms with Crippen LogP contribution < -0.4 is 10.1 Å². The van der Waals surface area contributed by atoms with Gasteiger partial charge in [0.05, 0.1) is 17.9 Å². The van der Waals surface area contributed by atoms with Gasteiger partial charge in [-0.2, -0.15) is 0 Å². The highest BCUT2D eigenvalue weighted by Crippen LogP contribution is 2.27. The number of likely N-dealkylation sites (N-methyl/N-ethyl adjacent to an activating group) is 1. The molecule has 1 aliphatic heterocycles. The third kappa shape index (κ3) is 7.40. The maximum absolute atomic E-state index is 13.6. The number of fused-ring (bicyclic) bond motifs is 1. The average molecular weight is 532 g/mol. The summed E-state index contributed by atoms with van der Waals surface area (Å²) in [4.78, 5) is 38.3. The minimum Gasteiger partial charge on any atom is -0.491 e. The highest BCUT2D eigenvalue weighted by molar-refractivity contribution is 6.04. The van der Waals surface area contributed by atoms with Crippen molar-refractivity contribution in [1.82, 2.24) is 19.8 Å². The van der Waals surface area contributed by atoms with E-state index in [1.807, 2.05) is 6.07 Å². The van der Waals surface area contributed by atoms with Gasteiger partial charge in [-0.1, -0.05) is 37.3 Å². The van der Waals surface area contributed by atoms with Gasteiger partial charge in [-0.15, -0.1) is 0 Å². The lowest BCUT2D eigenvalue weighted by Gasteiger charge is -2.36. The van der Waals surface area contributed by atoms with Gasteiger partial charge in [0.25, 0.3) is 11.8 Å². The summed E-state index contributed by atoms with van der Waals surface area (Å²) in [6, 6.07) is 15.7. The Morgan fingerprint density at radius 1 is 1.13 bits per heavy atom. The Hall–Kier alpha value is -3.82. The van der Waals surface area contributed by atoms with Crippen LogP contribution >= 0.6 is 0 Å². The summed E-state index contributed by atoms with van der Waals surface area (Å²) in [5.74, 6) is 0.0414. The molecule has 9 heteroatoms. The van der Waals surface area contributed by atoms with Crippen LogP contribution in [-0.2, 0) is 11.2 Å². The first-order valence-corrected chi connectivity index (χ1v) is 13.3. The topological polar surface area (TPSA) is 96.9 Å². The smallest absolute Gasteiger partial charge is 0.275 e. The monoisotopic (exact) mass is 531 g/mol. The quantitative estimate of drug-likeness (QED) is 0.517. The number of rotatable bonds is 6. The molecule has 9 nitrogen and oxygen atoms in total. The fourth-order valence-electron chi connectivity index (χ4n) is 4.77. The predicted molar refractivity (Wildman–Crippen MR) is 150 cm³/mol. The third-order valence-corrected chi connectivity index (χ3v) is 7.16. The fourth-order valence-corrected chi connectivity index (χ4v) is 4.77. The molecule has 2 aromatic carbocycles. The minimum absolute atomic E-state index is 0.102. The number of nitrogens with zero attached hydrogens (tertiary/aromatic N) is 4. The standard InChI is InChI=1S/C30H37N5O4/c1-21-18-35(15-12-23-8-6-5-7-9-23)22(2)20-39-27-11-10-24(33-29(36)26-17-31-13-14-32-26)16-25(27)30(37)34(3)19-28(21)38-4/h5-11,13-14,16-17,21-22,28H,12,15,18-20H2,1-4H3,(H,33,36)/t21-,22-,28+/m0/s1. The van der Waals surface area contributed by atoms with E-state index in [1.54, 1.807) is 37.3 Å². The van der Waals surface area contributed by atoms with E-state index in [1.165, 1.54) is 24.2 Å². The molecule has 4 rings (SSSR count). The van der Waals surface area contributed by atoms with E-state index >= 15 is 0 Å². The zero-order valence-electron chi connectivity index (χ0n) is 23.0. The van der Waals surface area contributed by atoms with Gasteiger partial charge in [0.15, 0.2) is 0 Å². The molecular weight excluding hydrogens is 494 g/mol. The molecule has 206 valence electrons. The van der Waals surface area contributed by atoms with E-state index in [0.717, 1.165) is 19.5 Å². The molecule has 0 unspecified atom stereocenters. The van der Waals surface area contributed by atoms with E-state index in [4.69, 9.17) is 9.47 Å². The van der Waals surface area contributed by atoms with Gasteiger partial charge in [-0.05, 0) is 43.0 Å². The molecule has 0 fully saturated rings. The zero-order valence-corrected chi connectivity index (χ0v) is 23.0. The lowest BCUT2D eigenvalue weighted by Crippen LogP contribution is -2.47. The maximum atomic E-state index is 13.6. The summed E-state index contributed by atoms with van der Waals surface area (Å²) in [6.45, 7) is 6.84. The summed E-state index contributed by atoms with van der Waals surface area (Å²) in [5, 5.41) is 2.80. The van der Waals surface area contributed by atoms with Crippen molar-refractivity contribution >= 4 is 17.5 Å². The first-order valence-electron chi connectivity index (χ1n) is 13.3. The van der Waals surface area contributed by atoms with Crippen molar-refractivity contribution in [3.63, 3.8) is 0 Å². The number of anilines is 1. The van der Waals surface area contributed by atoms with Gasteiger partial charge < -0.3 is 19.7 Å². The molecule has 0 radical (unpaired) electrons. The van der Waals surface area contributed by atoms with Gasteiger partial charge >= 0.3 is 0 Å². The molecular formula is C30H37N5O4. The van der Waals surface area contributed by atoms with E-state index in [-0.39, 0.29) is 29.7 Å². The highest BCUT2D eigenvalue weighted by Gasteiger charge is 2.28. The Kier molecular flexibility index (Phi) is 9.62. The van der Waals surface area contributed by atoms with E-state index in [9.17, 15) is 9.59 Å². The minimum atomic E-state index is -0.408. The number of hydrogen-bond donors (Lipinski definition) is 1. The average Bonchev–Trinajstić information content (AvgIpc) is 2.96. The van der Waals surface area contributed by atoms with Crippen molar-refractivity contribution in [1.29, 1.82) is 0 Å². The van der Waals surface area contributed by atoms with Crippen molar-refractivity contribution in [2.45, 2.75) is 32.4 Å². The van der Waals surface area contributed by atoms with Crippen LogP contribution in [0, 0.1) is 5.92 Å². The van der Waals surface area contributed by atoms with Crippen LogP contribution in [0.15, 0.2) is 67.1 Å². The summed E-state index contributed by atoms with van der Waals surface area (Å²) in [5.41, 5.74) is 2.32. The summed E-state index contributed by atoms with van der Waals surface area (Å²) < 4.78 is 12.1. The second-order valence-corrected chi connectivity index (χ2v) is 10.1. The summed E-state index contributed by atoms with van der Waals surface area (Å²) in [6.07, 6.45) is 5.13. The van der Waals surface area contributed by atoms with Crippen LogP contribution in [-0.4, -0.2) is 84.1 Å². The van der Waals surface area contributed by atoms with Gasteiger partial charge in [-0.3, -0.25) is 19.5 Å². The Labute approximate surface area is 230 Å². The Bertz CT molecular complexity index is 1240. The number of hydrogen-bond acceptors (Lipinski definition) is 7. The first kappa shape index (κ1) is 28.2. The Morgan fingerprint density at radius 2 is 1.92 bits per heavy atom. The van der Waals surface area contributed by atoms with Crippen LogP contribution in [0.5, 0.6) is 5.75 Å². The van der Waals surface area contributed by atoms with Crippen LogP contribution in [0.25, 0.3) is 0 Å². The largest absolute Gasteiger partial charge is 0.491 e. The van der Waals surface area contributed by atoms with E-state index in [0.29, 0.717) is 30.2 Å². The number of benzene rings is 2. The molecule has 2 amide bonds. The molecule has 0 aliphatic carbocycles. The van der Waals surface area contributed by atoms with Gasteiger partial charge in [0.1, 0.15) is 18.1 Å². The Balaban J connectivity index is 1.58. The summed E-state index contributed by atoms with van der Waals surface area (Å²) >= 11 is 0. The van der Waals surface area contributed by atoms with Crippen molar-refractivity contribution in [2.75, 3.05) is 45.7 Å². The molecule has 1 N–H and O–H groups in total. The third-order valence-electron chi connectivity index (χ3n) is 7.16. The fraction of sp³-hybridized carbons (Fsp3) is 0.400. The molecule has 0 saturated carbocycles. The number of ether oxygens (including phenoxy) is 2. The molecule has 2 heterocycles. The lowest BCUT2D eigenvalue weighted by atomic mass is 10.0. The van der Waals surface area contributed by atoms with Crippen LogP contribution in [0.1, 0.15) is 40.3 Å². The molecule has 3 atom stereocenters. The second kappa shape index (κ2) is 13.3. The number of carbonyl (C=O) groups excluding carboxylic acids is 2. The van der Waals surface area contributed by atoms with Crippen molar-refractivity contribution in [2.24, 2.45) is 5.92 Å². The molecule has 0 spiro atoms. The normalized spacial score (nSPS) is 20.8. The van der Waals surface area contributed by atoms with Crippen LogP contribution in [0.2, 0.25) is 0 Å². The summed E-state index contributed by atoms with van der Waals surface area (Å²) in [7, 11) is 3.46. The first-order chi connectivity index (χ1) is 18.9. The van der Waals surface area contributed by atoms with Gasteiger partial charge in [-0.25, -0.2) is 4.98 Å². The van der Waals surface area contributed by atoms with Crippen LogP contribution in [0.4, 0.5) is 5.69 Å². The van der Waals surface area contributed by atoms with E-state index in [2.05, 4.69) is 58.3 Å². The van der Waals surface area contributed by atoms with Crippen molar-refractivity contribution in [3.05, 3.63) is 83.9 Å². The molecule has 3 aromatic rings. The maximum Gasteiger partial charge on any atom is 0.275 e. The lowest BCUT2D eigenvalue weighted by molar-refractivity contribution is 0.0109. The number of methoxy groups -OCH3 is 1. The molecule has 1 aromatic heterocycles. The molecule has 1 aliphatic rings. The second-order valence-electron chi connectivity index (χ2n) is 10.1. The predicted octanol–water partition coefficient (Wildman–Crippen LogP) is 3.78. The van der Waals surface area contributed by atoms with Crippen LogP contribution in [0.3, 0.4) is 0 Å². The highest BCUT2D eigenvalue weighted by atomic mass is 16.5. The molecule has 0 saturated heterocycles. The number of nitrogens with one attached hydrogen (secondary N) is 1. The Morgan fingerprint density at radius 3 is 2.64 bits per heavy atom. The van der Waals surface area contributed by atoms with Gasteiger partial charge in [0.2, 0.25) is 0 Å². The van der Waals surface area contributed by atoms with Gasteiger partial charge in [0, 0.05) is 57.9 Å². The number of amides is 2. The molecule has 0 bridgehead atoms.